The Morgan fingerprint density at radius 3 is 2.50 bits per heavy atom. The summed E-state index contributed by atoms with van der Waals surface area (Å²) >= 11 is 0. The van der Waals surface area contributed by atoms with E-state index >= 15 is 0 Å². The van der Waals surface area contributed by atoms with Gasteiger partial charge in [-0.05, 0) is 31.0 Å². The van der Waals surface area contributed by atoms with E-state index in [0.29, 0.717) is 24.3 Å². The number of nitrogens with zero attached hydrogens (tertiary/aromatic N) is 3. The van der Waals surface area contributed by atoms with Crippen molar-refractivity contribution in [3.63, 3.8) is 0 Å². The molecule has 0 radical (unpaired) electrons. The van der Waals surface area contributed by atoms with Crippen LogP contribution in [0.5, 0.6) is 0 Å². The molecule has 0 saturated carbocycles. The Kier molecular flexibility index (Phi) is 6.08. The van der Waals surface area contributed by atoms with Crippen LogP contribution in [0, 0.1) is 5.92 Å². The molecule has 0 saturated heterocycles. The molecule has 0 spiro atoms. The van der Waals surface area contributed by atoms with Crippen molar-refractivity contribution in [2.45, 2.75) is 44.6 Å². The number of nitrogens with one attached hydrogen (secondary N) is 1. The number of aryl methyl sites for hydroxylation is 2. The Balaban J connectivity index is 2.20. The lowest BCUT2D eigenvalue weighted by Crippen LogP contribution is -2.36. The summed E-state index contributed by atoms with van der Waals surface area (Å²) in [4.78, 5) is 16.8. The largest absolute Gasteiger partial charge is 0.353 e. The van der Waals surface area contributed by atoms with E-state index in [1.807, 2.05) is 18.5 Å². The summed E-state index contributed by atoms with van der Waals surface area (Å²) in [6.07, 6.45) is 0.842. The first-order chi connectivity index (χ1) is 12.0. The average Bonchev–Trinajstić information content (AvgIpc) is 2.88. The maximum absolute atomic E-state index is 12.3. The van der Waals surface area contributed by atoms with E-state index in [1.54, 1.807) is 18.2 Å². The topological polar surface area (TPSA) is 84.3 Å². The van der Waals surface area contributed by atoms with Gasteiger partial charge in [-0.3, -0.25) is 4.79 Å². The number of aromatic nitrogens is 2. The molecular weight excluding hydrogens is 352 g/mol. The zero-order valence-electron chi connectivity index (χ0n) is 16.3. The SMILES string of the molecule is CC(C)C(C)NC(=O)CCc1nc2cc(S(=O)(=O)N(C)C)ccc2n1C. The summed E-state index contributed by atoms with van der Waals surface area (Å²) in [5.41, 5.74) is 1.45. The van der Waals surface area contributed by atoms with Gasteiger partial charge in [-0.15, -0.1) is 0 Å². The summed E-state index contributed by atoms with van der Waals surface area (Å²) in [6, 6.07) is 5.04. The third-order valence-corrected chi connectivity index (χ3v) is 6.50. The highest BCUT2D eigenvalue weighted by atomic mass is 32.2. The van der Waals surface area contributed by atoms with Crippen molar-refractivity contribution in [1.29, 1.82) is 0 Å². The van der Waals surface area contributed by atoms with Crippen LogP contribution in [0.15, 0.2) is 23.1 Å². The molecule has 26 heavy (non-hydrogen) atoms. The molecule has 144 valence electrons. The van der Waals surface area contributed by atoms with Crippen LogP contribution in [-0.2, 0) is 28.3 Å². The highest BCUT2D eigenvalue weighted by Crippen LogP contribution is 2.21. The molecule has 1 unspecified atom stereocenters. The van der Waals surface area contributed by atoms with Gasteiger partial charge < -0.3 is 9.88 Å². The van der Waals surface area contributed by atoms with Gasteiger partial charge in [0.25, 0.3) is 0 Å². The quantitative estimate of drug-likeness (QED) is 0.795. The molecule has 1 amide bonds. The fourth-order valence-corrected chi connectivity index (χ4v) is 3.46. The summed E-state index contributed by atoms with van der Waals surface area (Å²) in [7, 11) is 1.38. The van der Waals surface area contributed by atoms with E-state index in [2.05, 4.69) is 24.1 Å². The predicted octanol–water partition coefficient (Wildman–Crippen LogP) is 1.92. The smallest absolute Gasteiger partial charge is 0.242 e. The molecule has 7 nitrogen and oxygen atoms in total. The van der Waals surface area contributed by atoms with Gasteiger partial charge in [-0.1, -0.05) is 13.8 Å². The van der Waals surface area contributed by atoms with E-state index in [1.165, 1.54) is 18.4 Å². The molecule has 1 atom stereocenters. The molecule has 2 aromatic rings. The molecule has 0 aliphatic heterocycles. The first-order valence-corrected chi connectivity index (χ1v) is 10.1. The van der Waals surface area contributed by atoms with Crippen LogP contribution >= 0.6 is 0 Å². The third kappa shape index (κ3) is 4.24. The van der Waals surface area contributed by atoms with Crippen LogP contribution in [0.2, 0.25) is 0 Å². The standard InChI is InChI=1S/C18H28N4O3S/c1-12(2)13(3)19-18(23)10-9-17-20-15-11-14(26(24,25)21(4)5)7-8-16(15)22(17)6/h7-8,11-13H,9-10H2,1-6H3,(H,19,23). The minimum Gasteiger partial charge on any atom is -0.353 e. The fraction of sp³-hybridized carbons (Fsp3) is 0.556. The van der Waals surface area contributed by atoms with Crippen LogP contribution < -0.4 is 5.32 Å². The fourth-order valence-electron chi connectivity index (χ4n) is 2.54. The Morgan fingerprint density at radius 1 is 1.27 bits per heavy atom. The number of benzene rings is 1. The summed E-state index contributed by atoms with van der Waals surface area (Å²) in [5, 5.41) is 2.98. The van der Waals surface area contributed by atoms with Gasteiger partial charge in [0, 0.05) is 40.0 Å². The van der Waals surface area contributed by atoms with Crippen molar-refractivity contribution in [2.75, 3.05) is 14.1 Å². The Morgan fingerprint density at radius 2 is 1.92 bits per heavy atom. The summed E-state index contributed by atoms with van der Waals surface area (Å²) in [5.74, 6) is 1.13. The lowest BCUT2D eigenvalue weighted by molar-refractivity contribution is -0.121. The van der Waals surface area contributed by atoms with Crippen molar-refractivity contribution in [2.24, 2.45) is 13.0 Å². The average molecular weight is 381 g/mol. The lowest BCUT2D eigenvalue weighted by Gasteiger charge is -2.17. The van der Waals surface area contributed by atoms with Crippen molar-refractivity contribution < 1.29 is 13.2 Å². The molecule has 0 aliphatic rings. The molecule has 0 bridgehead atoms. The first kappa shape index (κ1) is 20.4. The van der Waals surface area contributed by atoms with Gasteiger partial charge in [0.05, 0.1) is 15.9 Å². The Labute approximate surface area is 155 Å². The molecule has 1 heterocycles. The van der Waals surface area contributed by atoms with Crippen LogP contribution in [0.3, 0.4) is 0 Å². The lowest BCUT2D eigenvalue weighted by atomic mass is 10.1. The van der Waals surface area contributed by atoms with Crippen LogP contribution in [0.1, 0.15) is 33.0 Å². The molecular formula is C18H28N4O3S. The molecule has 1 aromatic carbocycles. The zero-order valence-corrected chi connectivity index (χ0v) is 17.1. The van der Waals surface area contributed by atoms with Crippen molar-refractivity contribution in [3.8, 4) is 0 Å². The molecule has 0 fully saturated rings. The third-order valence-electron chi connectivity index (χ3n) is 4.69. The monoisotopic (exact) mass is 380 g/mol. The molecule has 1 N–H and O–H groups in total. The number of hydrogen-bond acceptors (Lipinski definition) is 4. The predicted molar refractivity (Wildman–Crippen MR) is 102 cm³/mol. The van der Waals surface area contributed by atoms with E-state index < -0.39 is 10.0 Å². The minimum absolute atomic E-state index is 0.00543. The second-order valence-corrected chi connectivity index (χ2v) is 9.28. The molecule has 2 rings (SSSR count). The number of hydrogen-bond donors (Lipinski definition) is 1. The van der Waals surface area contributed by atoms with E-state index in [4.69, 9.17) is 0 Å². The van der Waals surface area contributed by atoms with Gasteiger partial charge >= 0.3 is 0 Å². The molecule has 1 aromatic heterocycles. The highest BCUT2D eigenvalue weighted by Gasteiger charge is 2.19. The highest BCUT2D eigenvalue weighted by molar-refractivity contribution is 7.89. The van der Waals surface area contributed by atoms with Gasteiger partial charge in [0.2, 0.25) is 15.9 Å². The summed E-state index contributed by atoms with van der Waals surface area (Å²) in [6.45, 7) is 6.12. The van der Waals surface area contributed by atoms with E-state index in [0.717, 1.165) is 11.3 Å². The van der Waals surface area contributed by atoms with Crippen molar-refractivity contribution in [3.05, 3.63) is 24.0 Å². The molecule has 8 heteroatoms. The maximum Gasteiger partial charge on any atom is 0.242 e. The van der Waals surface area contributed by atoms with Crippen LogP contribution in [0.25, 0.3) is 11.0 Å². The summed E-state index contributed by atoms with van der Waals surface area (Å²) < 4.78 is 27.6. The van der Waals surface area contributed by atoms with Crippen LogP contribution in [-0.4, -0.2) is 48.3 Å². The van der Waals surface area contributed by atoms with E-state index in [9.17, 15) is 13.2 Å². The normalized spacial score (nSPS) is 13.5. The van der Waals surface area contributed by atoms with Gasteiger partial charge in [0.15, 0.2) is 0 Å². The van der Waals surface area contributed by atoms with Crippen molar-refractivity contribution >= 4 is 27.0 Å². The zero-order chi connectivity index (χ0) is 19.6. The second kappa shape index (κ2) is 7.75. The van der Waals surface area contributed by atoms with Crippen molar-refractivity contribution in [1.82, 2.24) is 19.2 Å². The second-order valence-electron chi connectivity index (χ2n) is 7.13. The van der Waals surface area contributed by atoms with Crippen LogP contribution in [0.4, 0.5) is 0 Å². The van der Waals surface area contributed by atoms with E-state index in [-0.39, 0.29) is 16.8 Å². The number of imidazole rings is 1. The number of carbonyl (C=O) groups is 1. The number of carbonyl (C=O) groups excluding carboxylic acids is 1. The number of fused-ring (bicyclic) bond motifs is 1. The van der Waals surface area contributed by atoms with Gasteiger partial charge in [-0.2, -0.15) is 0 Å². The number of amides is 1. The Bertz CT molecular complexity index is 901. The number of rotatable bonds is 7. The van der Waals surface area contributed by atoms with Gasteiger partial charge in [-0.25, -0.2) is 17.7 Å². The van der Waals surface area contributed by atoms with Gasteiger partial charge in [0.1, 0.15) is 5.82 Å². The Hall–Kier alpha value is -1.93. The number of sulfonamides is 1. The maximum atomic E-state index is 12.3. The molecule has 0 aliphatic carbocycles. The minimum atomic E-state index is -3.50. The first-order valence-electron chi connectivity index (χ1n) is 8.71.